The van der Waals surface area contributed by atoms with Crippen LogP contribution in [0.4, 0.5) is 0 Å². The van der Waals surface area contributed by atoms with Gasteiger partial charge in [-0.2, -0.15) is 0 Å². The van der Waals surface area contributed by atoms with Crippen molar-refractivity contribution >= 4 is 41.5 Å². The first kappa shape index (κ1) is 30.2. The van der Waals surface area contributed by atoms with E-state index in [9.17, 15) is 38.7 Å². The van der Waals surface area contributed by atoms with Crippen LogP contribution in [0.25, 0.3) is 0 Å². The molecule has 0 aliphatic rings. The van der Waals surface area contributed by atoms with Crippen LogP contribution in [0.2, 0.25) is 0 Å². The highest BCUT2D eigenvalue weighted by Crippen LogP contribution is 2.07. The number of carboxylic acid groups (broad SMARTS) is 2. The molecule has 4 atom stereocenters. The van der Waals surface area contributed by atoms with Crippen molar-refractivity contribution in [2.24, 2.45) is 23.1 Å². The topological polar surface area (TPSA) is 274 Å². The van der Waals surface area contributed by atoms with Crippen LogP contribution in [0.3, 0.4) is 0 Å². The maximum Gasteiger partial charge on any atom is 0.326 e. The maximum absolute atomic E-state index is 12.7. The van der Waals surface area contributed by atoms with Crippen molar-refractivity contribution in [3.8, 4) is 0 Å². The molecule has 0 rings (SSSR count). The number of nitrogens with two attached hydrogens (primary N) is 3. The Balaban J connectivity index is 5.60. The van der Waals surface area contributed by atoms with Gasteiger partial charge in [-0.15, -0.1) is 0 Å². The predicted octanol–water partition coefficient (Wildman–Crippen LogP) is -3.49. The van der Waals surface area contributed by atoms with Crippen LogP contribution in [-0.2, 0) is 33.6 Å². The van der Waals surface area contributed by atoms with E-state index in [2.05, 4.69) is 16.0 Å². The lowest BCUT2D eigenvalue weighted by atomic mass is 10.0. The monoisotopic (exact) mass is 488 g/mol. The first-order valence-electron chi connectivity index (χ1n) is 10.3. The molecule has 0 radical (unpaired) electrons. The summed E-state index contributed by atoms with van der Waals surface area (Å²) >= 11 is 0. The highest BCUT2D eigenvalue weighted by atomic mass is 16.4. The molecule has 5 amide bonds. The van der Waals surface area contributed by atoms with Crippen LogP contribution in [-0.4, -0.2) is 75.9 Å². The van der Waals surface area contributed by atoms with Gasteiger partial charge >= 0.3 is 11.9 Å². The molecule has 0 aromatic heterocycles. The molecule has 0 aromatic rings. The Morgan fingerprint density at radius 3 is 1.68 bits per heavy atom. The molecule has 15 nitrogen and oxygen atoms in total. The van der Waals surface area contributed by atoms with Gasteiger partial charge in [0.1, 0.15) is 18.1 Å². The van der Waals surface area contributed by atoms with Crippen molar-refractivity contribution in [1.82, 2.24) is 16.0 Å². The van der Waals surface area contributed by atoms with Gasteiger partial charge in [-0.3, -0.25) is 28.8 Å². The number of carbonyl (C=O) groups is 7. The number of amides is 5. The summed E-state index contributed by atoms with van der Waals surface area (Å²) in [6.07, 6.45) is -2.09. The minimum atomic E-state index is -1.70. The molecule has 0 saturated carbocycles. The molecule has 11 N–H and O–H groups in total. The molecule has 15 heteroatoms. The Bertz CT molecular complexity index is 801. The molecule has 192 valence electrons. The van der Waals surface area contributed by atoms with E-state index in [1.807, 2.05) is 0 Å². The number of carbonyl (C=O) groups excluding carboxylic acids is 5. The van der Waals surface area contributed by atoms with Crippen LogP contribution < -0.4 is 33.2 Å². The van der Waals surface area contributed by atoms with Crippen LogP contribution >= 0.6 is 0 Å². The van der Waals surface area contributed by atoms with Crippen LogP contribution in [0.15, 0.2) is 0 Å². The van der Waals surface area contributed by atoms with E-state index in [0.717, 1.165) is 0 Å². The fraction of sp³-hybridized carbons (Fsp3) is 0.632. The molecule has 0 saturated heterocycles. The Labute approximate surface area is 195 Å². The van der Waals surface area contributed by atoms with Gasteiger partial charge in [0, 0.05) is 6.42 Å². The third kappa shape index (κ3) is 12.3. The van der Waals surface area contributed by atoms with Crippen LogP contribution in [0.5, 0.6) is 0 Å². The zero-order valence-electron chi connectivity index (χ0n) is 18.9. The summed E-state index contributed by atoms with van der Waals surface area (Å²) in [4.78, 5) is 82.2. The van der Waals surface area contributed by atoms with E-state index in [1.165, 1.54) is 0 Å². The lowest BCUT2D eigenvalue weighted by Crippen LogP contribution is -2.57. The van der Waals surface area contributed by atoms with Crippen molar-refractivity contribution in [1.29, 1.82) is 0 Å². The van der Waals surface area contributed by atoms with Gasteiger partial charge in [0.2, 0.25) is 29.5 Å². The predicted molar refractivity (Wildman–Crippen MR) is 115 cm³/mol. The maximum atomic E-state index is 12.7. The first-order valence-corrected chi connectivity index (χ1v) is 10.3. The second-order valence-electron chi connectivity index (χ2n) is 8.03. The van der Waals surface area contributed by atoms with Crippen molar-refractivity contribution < 1.29 is 43.8 Å². The van der Waals surface area contributed by atoms with Crippen molar-refractivity contribution in [2.45, 2.75) is 70.1 Å². The molecule has 0 aliphatic heterocycles. The van der Waals surface area contributed by atoms with E-state index in [-0.39, 0.29) is 25.2 Å². The third-order valence-corrected chi connectivity index (χ3v) is 4.40. The highest BCUT2D eigenvalue weighted by Gasteiger charge is 2.32. The SMILES string of the molecule is CC(C)CC(NC(=O)C(CC(=O)O)NC(=O)C(CCC(N)=O)NC(=O)C(N)CC(N)=O)C(=O)O. The van der Waals surface area contributed by atoms with Gasteiger partial charge in [0.05, 0.1) is 18.9 Å². The van der Waals surface area contributed by atoms with E-state index < -0.39 is 78.5 Å². The van der Waals surface area contributed by atoms with Gasteiger partial charge in [-0.05, 0) is 18.8 Å². The number of rotatable bonds is 16. The Hall–Kier alpha value is -3.75. The average molecular weight is 488 g/mol. The lowest BCUT2D eigenvalue weighted by Gasteiger charge is -2.24. The zero-order valence-corrected chi connectivity index (χ0v) is 18.9. The summed E-state index contributed by atoms with van der Waals surface area (Å²) in [5.74, 6) is -7.74. The highest BCUT2D eigenvalue weighted by molar-refractivity contribution is 5.96. The quantitative estimate of drug-likeness (QED) is 0.106. The van der Waals surface area contributed by atoms with E-state index in [1.54, 1.807) is 13.8 Å². The Morgan fingerprint density at radius 1 is 0.735 bits per heavy atom. The second kappa shape index (κ2) is 14.4. The summed E-state index contributed by atoms with van der Waals surface area (Å²) in [6.45, 7) is 3.43. The number of hydrogen-bond donors (Lipinski definition) is 8. The molecule has 34 heavy (non-hydrogen) atoms. The number of nitrogens with one attached hydrogen (secondary N) is 3. The number of carboxylic acids is 2. The van der Waals surface area contributed by atoms with E-state index >= 15 is 0 Å². The molecule has 0 heterocycles. The van der Waals surface area contributed by atoms with E-state index in [0.29, 0.717) is 0 Å². The fourth-order valence-corrected chi connectivity index (χ4v) is 2.77. The van der Waals surface area contributed by atoms with Crippen molar-refractivity contribution in [3.05, 3.63) is 0 Å². The Morgan fingerprint density at radius 2 is 1.24 bits per heavy atom. The second-order valence-corrected chi connectivity index (χ2v) is 8.03. The third-order valence-electron chi connectivity index (χ3n) is 4.40. The summed E-state index contributed by atoms with van der Waals surface area (Å²) < 4.78 is 0. The minimum absolute atomic E-state index is 0.0455. The molecule has 4 unspecified atom stereocenters. The largest absolute Gasteiger partial charge is 0.481 e. The van der Waals surface area contributed by atoms with E-state index in [4.69, 9.17) is 22.3 Å². The average Bonchev–Trinajstić information content (AvgIpc) is 2.68. The lowest BCUT2D eigenvalue weighted by molar-refractivity contribution is -0.144. The minimum Gasteiger partial charge on any atom is -0.481 e. The van der Waals surface area contributed by atoms with Gasteiger partial charge in [0.25, 0.3) is 0 Å². The van der Waals surface area contributed by atoms with Crippen LogP contribution in [0, 0.1) is 5.92 Å². The fourth-order valence-electron chi connectivity index (χ4n) is 2.77. The molecule has 0 aromatic carbocycles. The smallest absolute Gasteiger partial charge is 0.326 e. The van der Waals surface area contributed by atoms with Gasteiger partial charge in [-0.25, -0.2) is 4.79 Å². The molecule has 0 aliphatic carbocycles. The summed E-state index contributed by atoms with van der Waals surface area (Å²) in [7, 11) is 0. The zero-order chi connectivity index (χ0) is 26.6. The van der Waals surface area contributed by atoms with Gasteiger partial charge < -0.3 is 43.4 Å². The molecular formula is C19H32N6O9. The summed E-state index contributed by atoms with van der Waals surface area (Å²) in [6, 6.07) is -5.93. The van der Waals surface area contributed by atoms with Crippen molar-refractivity contribution in [3.63, 3.8) is 0 Å². The van der Waals surface area contributed by atoms with Gasteiger partial charge in [0.15, 0.2) is 0 Å². The molecule has 0 spiro atoms. The number of primary amides is 2. The van der Waals surface area contributed by atoms with Crippen molar-refractivity contribution in [2.75, 3.05) is 0 Å². The number of hydrogen-bond acceptors (Lipinski definition) is 8. The molecule has 0 fully saturated rings. The number of aliphatic carboxylic acids is 2. The van der Waals surface area contributed by atoms with Gasteiger partial charge in [-0.1, -0.05) is 13.8 Å². The summed E-state index contributed by atoms with van der Waals surface area (Å²) in [5, 5.41) is 24.9. The Kier molecular flexibility index (Phi) is 12.8. The van der Waals surface area contributed by atoms with Crippen LogP contribution in [0.1, 0.15) is 46.0 Å². The normalized spacial score (nSPS) is 14.2. The first-order chi connectivity index (χ1) is 15.6. The summed E-state index contributed by atoms with van der Waals surface area (Å²) in [5.41, 5.74) is 15.6. The standard InChI is InChI=1S/C19H32N6O9/c1-8(2)5-12(19(33)34)25-18(32)11(7-15(28)29)24-17(31)10(3-4-13(21)26)23-16(30)9(20)6-14(22)27/h8-12H,3-7,20H2,1-2H3,(H2,21,26)(H2,22,27)(H,23,30)(H,24,31)(H,25,32)(H,28,29)(H,33,34). The molecule has 0 bridgehead atoms. The molecular weight excluding hydrogens is 456 g/mol.